The highest BCUT2D eigenvalue weighted by Gasteiger charge is 2.44. The van der Waals surface area contributed by atoms with Crippen molar-refractivity contribution in [3.8, 4) is 0 Å². The van der Waals surface area contributed by atoms with Crippen LogP contribution in [-0.2, 0) is 5.41 Å². The quantitative estimate of drug-likeness (QED) is 0.784. The highest BCUT2D eigenvalue weighted by molar-refractivity contribution is 5.38. The van der Waals surface area contributed by atoms with Crippen LogP contribution in [0, 0.1) is 12.7 Å². The minimum atomic E-state index is -0.0919. The van der Waals surface area contributed by atoms with E-state index in [4.69, 9.17) is 5.73 Å². The first-order valence-corrected chi connectivity index (χ1v) is 5.15. The summed E-state index contributed by atoms with van der Waals surface area (Å²) in [6, 6.07) is 5.37. The summed E-state index contributed by atoms with van der Waals surface area (Å²) in [5.41, 5.74) is 7.77. The predicted molar refractivity (Wildman–Crippen MR) is 55.7 cm³/mol. The normalized spacial score (nSPS) is 18.2. The average molecular weight is 193 g/mol. The second kappa shape index (κ2) is 3.35. The summed E-state index contributed by atoms with van der Waals surface area (Å²) in [6.45, 7) is 2.55. The maximum absolute atomic E-state index is 13.3. The van der Waals surface area contributed by atoms with Gasteiger partial charge >= 0.3 is 0 Å². The minimum Gasteiger partial charge on any atom is -0.330 e. The van der Waals surface area contributed by atoms with E-state index in [0.717, 1.165) is 24.8 Å². The highest BCUT2D eigenvalue weighted by Crippen LogP contribution is 2.51. The monoisotopic (exact) mass is 193 g/mol. The van der Waals surface area contributed by atoms with Crippen molar-refractivity contribution in [1.29, 1.82) is 0 Å². The predicted octanol–water partition coefficient (Wildman–Crippen LogP) is 2.51. The van der Waals surface area contributed by atoms with Gasteiger partial charge in [0, 0.05) is 0 Å². The average Bonchev–Trinajstić information content (AvgIpc) is 2.91. The molecular weight excluding hydrogens is 177 g/mol. The Labute approximate surface area is 84.1 Å². The Bertz CT molecular complexity index is 342. The van der Waals surface area contributed by atoms with Crippen LogP contribution in [0.5, 0.6) is 0 Å². The molecule has 1 aliphatic carbocycles. The summed E-state index contributed by atoms with van der Waals surface area (Å²) in [6.07, 6.45) is 3.31. The Morgan fingerprint density at radius 1 is 1.43 bits per heavy atom. The van der Waals surface area contributed by atoms with Crippen molar-refractivity contribution in [3.63, 3.8) is 0 Å². The van der Waals surface area contributed by atoms with Crippen LogP contribution in [0.15, 0.2) is 18.2 Å². The van der Waals surface area contributed by atoms with Crippen molar-refractivity contribution in [2.75, 3.05) is 6.54 Å². The van der Waals surface area contributed by atoms with Crippen molar-refractivity contribution in [2.45, 2.75) is 31.6 Å². The number of hydrogen-bond donors (Lipinski definition) is 1. The zero-order valence-corrected chi connectivity index (χ0v) is 8.52. The molecular formula is C12H16FN. The van der Waals surface area contributed by atoms with Gasteiger partial charge in [-0.05, 0) is 55.3 Å². The van der Waals surface area contributed by atoms with E-state index in [0.29, 0.717) is 6.54 Å². The van der Waals surface area contributed by atoms with Crippen LogP contribution < -0.4 is 5.73 Å². The van der Waals surface area contributed by atoms with Gasteiger partial charge in [0.05, 0.1) is 0 Å². The Kier molecular flexibility index (Phi) is 2.31. The third-order valence-corrected chi connectivity index (χ3v) is 3.32. The smallest absolute Gasteiger partial charge is 0.126 e. The van der Waals surface area contributed by atoms with Crippen LogP contribution in [0.25, 0.3) is 0 Å². The van der Waals surface area contributed by atoms with Gasteiger partial charge in [-0.1, -0.05) is 12.1 Å². The van der Waals surface area contributed by atoms with Crippen LogP contribution in [0.2, 0.25) is 0 Å². The van der Waals surface area contributed by atoms with E-state index >= 15 is 0 Å². The van der Waals surface area contributed by atoms with Crippen molar-refractivity contribution in [1.82, 2.24) is 0 Å². The molecule has 2 heteroatoms. The lowest BCUT2D eigenvalue weighted by Gasteiger charge is -2.17. The Balaban J connectivity index is 2.37. The molecule has 76 valence electrons. The van der Waals surface area contributed by atoms with E-state index in [1.54, 1.807) is 6.07 Å². The molecule has 0 bridgehead atoms. The summed E-state index contributed by atoms with van der Waals surface area (Å²) in [5, 5.41) is 0. The van der Waals surface area contributed by atoms with Crippen LogP contribution in [0.1, 0.15) is 30.4 Å². The molecule has 0 heterocycles. The molecule has 0 aliphatic heterocycles. The molecule has 1 saturated carbocycles. The van der Waals surface area contributed by atoms with Gasteiger partial charge in [-0.25, -0.2) is 4.39 Å². The molecule has 0 unspecified atom stereocenters. The molecule has 0 radical (unpaired) electrons. The lowest BCUT2D eigenvalue weighted by Crippen LogP contribution is -2.15. The van der Waals surface area contributed by atoms with E-state index in [1.165, 1.54) is 11.6 Å². The topological polar surface area (TPSA) is 26.0 Å². The molecule has 0 atom stereocenters. The number of rotatable bonds is 3. The minimum absolute atomic E-state index is 0.0919. The number of benzene rings is 1. The van der Waals surface area contributed by atoms with Gasteiger partial charge in [0.25, 0.3) is 0 Å². The third kappa shape index (κ3) is 1.44. The largest absolute Gasteiger partial charge is 0.330 e. The van der Waals surface area contributed by atoms with Crippen molar-refractivity contribution in [2.24, 2.45) is 5.73 Å². The lowest BCUT2D eigenvalue weighted by atomic mass is 9.89. The zero-order chi connectivity index (χ0) is 10.2. The molecule has 2 N–H and O–H groups in total. The number of nitrogens with two attached hydrogens (primary N) is 1. The van der Waals surface area contributed by atoms with Gasteiger partial charge in [0.2, 0.25) is 0 Å². The van der Waals surface area contributed by atoms with Gasteiger partial charge in [-0.3, -0.25) is 0 Å². The summed E-state index contributed by atoms with van der Waals surface area (Å²) in [5.74, 6) is -0.0919. The van der Waals surface area contributed by atoms with Crippen LogP contribution in [0.3, 0.4) is 0 Å². The second-order valence-corrected chi connectivity index (χ2v) is 4.23. The van der Waals surface area contributed by atoms with E-state index in [9.17, 15) is 4.39 Å². The molecule has 0 aromatic heterocycles. The highest BCUT2D eigenvalue weighted by atomic mass is 19.1. The summed E-state index contributed by atoms with van der Waals surface area (Å²) in [4.78, 5) is 0. The summed E-state index contributed by atoms with van der Waals surface area (Å²) >= 11 is 0. The SMILES string of the molecule is Cc1c(F)cccc1C1(CCN)CC1. The van der Waals surface area contributed by atoms with Gasteiger partial charge in [0.15, 0.2) is 0 Å². The van der Waals surface area contributed by atoms with Crippen LogP contribution >= 0.6 is 0 Å². The first-order valence-electron chi connectivity index (χ1n) is 5.15. The fourth-order valence-corrected chi connectivity index (χ4v) is 2.26. The molecule has 2 rings (SSSR count). The lowest BCUT2D eigenvalue weighted by molar-refractivity contribution is 0.588. The maximum atomic E-state index is 13.3. The molecule has 0 amide bonds. The van der Waals surface area contributed by atoms with Crippen molar-refractivity contribution >= 4 is 0 Å². The van der Waals surface area contributed by atoms with E-state index < -0.39 is 0 Å². The molecule has 14 heavy (non-hydrogen) atoms. The second-order valence-electron chi connectivity index (χ2n) is 4.23. The zero-order valence-electron chi connectivity index (χ0n) is 8.52. The fraction of sp³-hybridized carbons (Fsp3) is 0.500. The molecule has 1 aromatic rings. The first-order chi connectivity index (χ1) is 6.69. The van der Waals surface area contributed by atoms with Crippen LogP contribution in [0.4, 0.5) is 4.39 Å². The van der Waals surface area contributed by atoms with Crippen molar-refractivity contribution in [3.05, 3.63) is 35.1 Å². The van der Waals surface area contributed by atoms with E-state index in [1.807, 2.05) is 13.0 Å². The molecule has 1 aromatic carbocycles. The molecule has 0 saturated heterocycles. The Hall–Kier alpha value is -0.890. The summed E-state index contributed by atoms with van der Waals surface area (Å²) in [7, 11) is 0. The first kappa shape index (κ1) is 9.66. The molecule has 0 spiro atoms. The van der Waals surface area contributed by atoms with E-state index in [-0.39, 0.29) is 11.2 Å². The molecule has 1 nitrogen and oxygen atoms in total. The third-order valence-electron chi connectivity index (χ3n) is 3.32. The van der Waals surface area contributed by atoms with Gasteiger partial charge in [-0.2, -0.15) is 0 Å². The van der Waals surface area contributed by atoms with Gasteiger partial charge in [0.1, 0.15) is 5.82 Å². The fourth-order valence-electron chi connectivity index (χ4n) is 2.26. The van der Waals surface area contributed by atoms with Gasteiger partial charge in [-0.15, -0.1) is 0 Å². The maximum Gasteiger partial charge on any atom is 0.126 e. The van der Waals surface area contributed by atoms with Crippen LogP contribution in [-0.4, -0.2) is 6.54 Å². The Morgan fingerprint density at radius 2 is 2.14 bits per heavy atom. The number of hydrogen-bond acceptors (Lipinski definition) is 1. The van der Waals surface area contributed by atoms with Crippen molar-refractivity contribution < 1.29 is 4.39 Å². The molecule has 1 aliphatic rings. The summed E-state index contributed by atoms with van der Waals surface area (Å²) < 4.78 is 13.3. The number of halogens is 1. The molecule has 1 fully saturated rings. The standard InChI is InChI=1S/C12H16FN/c1-9-10(3-2-4-11(9)13)12(5-6-12)7-8-14/h2-4H,5-8,14H2,1H3. The van der Waals surface area contributed by atoms with Gasteiger partial charge < -0.3 is 5.73 Å². The van der Waals surface area contributed by atoms with E-state index in [2.05, 4.69) is 0 Å². The Morgan fingerprint density at radius 3 is 2.71 bits per heavy atom.